The van der Waals surface area contributed by atoms with E-state index in [4.69, 9.17) is 9.47 Å². The molecule has 0 atom stereocenters. The number of methoxy groups -OCH3 is 2. The minimum absolute atomic E-state index is 0.191. The normalized spacial score (nSPS) is 13.5. The molecule has 0 saturated heterocycles. The second kappa shape index (κ2) is 8.82. The van der Waals surface area contributed by atoms with E-state index in [0.29, 0.717) is 34.0 Å². The number of imide groups is 1. The van der Waals surface area contributed by atoms with Crippen molar-refractivity contribution in [3.05, 3.63) is 88.6 Å². The molecule has 1 N–H and O–H groups in total. The highest BCUT2D eigenvalue weighted by Gasteiger charge is 2.41. The predicted octanol–water partition coefficient (Wildman–Crippen LogP) is 5.03. The Hall–Kier alpha value is -4.06. The summed E-state index contributed by atoms with van der Waals surface area (Å²) in [6.07, 6.45) is 0. The Labute approximate surface area is 193 Å². The van der Waals surface area contributed by atoms with E-state index in [1.807, 2.05) is 57.2 Å². The Bertz CT molecular complexity index is 1290. The topological polar surface area (TPSA) is 67.9 Å². The van der Waals surface area contributed by atoms with Gasteiger partial charge in [0.05, 0.1) is 31.2 Å². The average molecular weight is 443 g/mol. The monoisotopic (exact) mass is 442 g/mol. The summed E-state index contributed by atoms with van der Waals surface area (Å²) in [4.78, 5) is 28.7. The lowest BCUT2D eigenvalue weighted by Crippen LogP contribution is -2.32. The lowest BCUT2D eigenvalue weighted by atomic mass is 9.99. The standard InChI is InChI=1S/C27H26N2O4/c1-16-10-13-23(33-5)21(14-16)29-26(30)24(19-12-11-17(2)18(3)15-19)25(27(29)31)28-20-8-6-7-9-22(20)32-4/h6-15,28H,1-5H3. The van der Waals surface area contributed by atoms with Gasteiger partial charge < -0.3 is 14.8 Å². The van der Waals surface area contributed by atoms with Crippen LogP contribution in [0, 0.1) is 20.8 Å². The summed E-state index contributed by atoms with van der Waals surface area (Å²) >= 11 is 0. The van der Waals surface area contributed by atoms with E-state index in [1.54, 1.807) is 31.4 Å². The number of rotatable bonds is 6. The van der Waals surface area contributed by atoms with Crippen LogP contribution in [0.15, 0.2) is 66.4 Å². The highest BCUT2D eigenvalue weighted by Crippen LogP contribution is 2.39. The van der Waals surface area contributed by atoms with E-state index >= 15 is 0 Å². The molecule has 2 amide bonds. The van der Waals surface area contributed by atoms with Gasteiger partial charge in [0.1, 0.15) is 17.2 Å². The van der Waals surface area contributed by atoms with Crippen LogP contribution in [-0.4, -0.2) is 26.0 Å². The Balaban J connectivity index is 1.90. The van der Waals surface area contributed by atoms with Gasteiger partial charge in [-0.15, -0.1) is 0 Å². The molecule has 6 heteroatoms. The van der Waals surface area contributed by atoms with Crippen LogP contribution >= 0.6 is 0 Å². The number of hydrogen-bond donors (Lipinski definition) is 1. The summed E-state index contributed by atoms with van der Waals surface area (Å²) in [6.45, 7) is 5.89. The average Bonchev–Trinajstić information content (AvgIpc) is 3.05. The number of para-hydroxylation sites is 2. The summed E-state index contributed by atoms with van der Waals surface area (Å²) in [6, 6.07) is 18.4. The van der Waals surface area contributed by atoms with Crippen LogP contribution in [0.3, 0.4) is 0 Å². The molecule has 0 unspecified atom stereocenters. The Kier molecular flexibility index (Phi) is 5.92. The van der Waals surface area contributed by atoms with E-state index in [1.165, 1.54) is 12.0 Å². The molecule has 3 aromatic carbocycles. The predicted molar refractivity (Wildman–Crippen MR) is 130 cm³/mol. The molecular formula is C27H26N2O4. The van der Waals surface area contributed by atoms with Gasteiger partial charge in [-0.1, -0.05) is 36.4 Å². The van der Waals surface area contributed by atoms with Gasteiger partial charge >= 0.3 is 0 Å². The Morgan fingerprint density at radius 2 is 1.48 bits per heavy atom. The Morgan fingerprint density at radius 3 is 2.18 bits per heavy atom. The van der Waals surface area contributed by atoms with E-state index in [-0.39, 0.29) is 5.70 Å². The van der Waals surface area contributed by atoms with Crippen molar-refractivity contribution in [3.63, 3.8) is 0 Å². The number of ether oxygens (including phenoxy) is 2. The van der Waals surface area contributed by atoms with Crippen molar-refractivity contribution in [2.45, 2.75) is 20.8 Å². The minimum Gasteiger partial charge on any atom is -0.495 e. The van der Waals surface area contributed by atoms with Crippen LogP contribution in [0.25, 0.3) is 5.57 Å². The number of aryl methyl sites for hydroxylation is 3. The molecule has 0 radical (unpaired) electrons. The third-order valence-electron chi connectivity index (χ3n) is 5.82. The van der Waals surface area contributed by atoms with Gasteiger partial charge in [-0.3, -0.25) is 9.59 Å². The van der Waals surface area contributed by atoms with Crippen LogP contribution in [-0.2, 0) is 9.59 Å². The molecule has 33 heavy (non-hydrogen) atoms. The summed E-state index contributed by atoms with van der Waals surface area (Å²) < 4.78 is 10.9. The van der Waals surface area contributed by atoms with Gasteiger partial charge in [-0.2, -0.15) is 0 Å². The van der Waals surface area contributed by atoms with Crippen molar-refractivity contribution in [2.75, 3.05) is 24.4 Å². The quantitative estimate of drug-likeness (QED) is 0.543. The number of benzene rings is 3. The van der Waals surface area contributed by atoms with Crippen molar-refractivity contribution in [3.8, 4) is 11.5 Å². The fourth-order valence-corrected chi connectivity index (χ4v) is 3.89. The minimum atomic E-state index is -0.456. The third kappa shape index (κ3) is 3.96. The second-order valence-corrected chi connectivity index (χ2v) is 8.00. The first-order valence-electron chi connectivity index (χ1n) is 10.6. The van der Waals surface area contributed by atoms with Crippen LogP contribution < -0.4 is 19.7 Å². The number of hydrogen-bond acceptors (Lipinski definition) is 5. The molecule has 4 rings (SSSR count). The molecule has 1 heterocycles. The molecule has 0 saturated carbocycles. The molecule has 0 spiro atoms. The molecule has 168 valence electrons. The fourth-order valence-electron chi connectivity index (χ4n) is 3.89. The van der Waals surface area contributed by atoms with Gasteiger partial charge in [-0.25, -0.2) is 4.90 Å². The third-order valence-corrected chi connectivity index (χ3v) is 5.82. The first-order chi connectivity index (χ1) is 15.8. The lowest BCUT2D eigenvalue weighted by Gasteiger charge is -2.19. The molecule has 1 aliphatic heterocycles. The maximum Gasteiger partial charge on any atom is 0.282 e. The number of nitrogens with one attached hydrogen (secondary N) is 1. The van der Waals surface area contributed by atoms with Crippen molar-refractivity contribution in [2.24, 2.45) is 0 Å². The van der Waals surface area contributed by atoms with E-state index in [9.17, 15) is 9.59 Å². The van der Waals surface area contributed by atoms with Gasteiger partial charge in [0, 0.05) is 0 Å². The Morgan fingerprint density at radius 1 is 0.758 bits per heavy atom. The highest BCUT2D eigenvalue weighted by atomic mass is 16.5. The summed E-state index contributed by atoms with van der Waals surface area (Å²) in [5.41, 5.74) is 5.21. The smallest absolute Gasteiger partial charge is 0.282 e. The van der Waals surface area contributed by atoms with Gasteiger partial charge in [0.15, 0.2) is 0 Å². The summed E-state index contributed by atoms with van der Waals surface area (Å²) in [5, 5.41) is 3.18. The number of nitrogens with zero attached hydrogens (tertiary/aromatic N) is 1. The fraction of sp³-hybridized carbons (Fsp3) is 0.185. The second-order valence-electron chi connectivity index (χ2n) is 8.00. The molecule has 0 aliphatic carbocycles. The largest absolute Gasteiger partial charge is 0.495 e. The number of amides is 2. The van der Waals surface area contributed by atoms with E-state index < -0.39 is 11.8 Å². The van der Waals surface area contributed by atoms with Crippen molar-refractivity contribution in [1.82, 2.24) is 0 Å². The number of carbonyl (C=O) groups excluding carboxylic acids is 2. The lowest BCUT2D eigenvalue weighted by molar-refractivity contribution is -0.120. The highest BCUT2D eigenvalue weighted by molar-refractivity contribution is 6.46. The zero-order chi connectivity index (χ0) is 23.7. The molecule has 0 fully saturated rings. The van der Waals surface area contributed by atoms with E-state index in [2.05, 4.69) is 5.32 Å². The zero-order valence-electron chi connectivity index (χ0n) is 19.4. The number of carbonyl (C=O) groups is 2. The van der Waals surface area contributed by atoms with Gasteiger partial charge in [0.25, 0.3) is 11.8 Å². The summed E-state index contributed by atoms with van der Waals surface area (Å²) in [5.74, 6) is 0.143. The summed E-state index contributed by atoms with van der Waals surface area (Å²) in [7, 11) is 3.08. The first-order valence-corrected chi connectivity index (χ1v) is 10.6. The first kappa shape index (κ1) is 22.1. The van der Waals surface area contributed by atoms with Crippen LogP contribution in [0.4, 0.5) is 11.4 Å². The van der Waals surface area contributed by atoms with Crippen LogP contribution in [0.5, 0.6) is 11.5 Å². The van der Waals surface area contributed by atoms with Gasteiger partial charge in [0.2, 0.25) is 0 Å². The van der Waals surface area contributed by atoms with Crippen LogP contribution in [0.2, 0.25) is 0 Å². The molecule has 1 aliphatic rings. The SMILES string of the molecule is COc1ccccc1NC1=C(c2ccc(C)c(C)c2)C(=O)N(c2cc(C)ccc2OC)C1=O. The van der Waals surface area contributed by atoms with E-state index in [0.717, 1.165) is 16.7 Å². The van der Waals surface area contributed by atoms with Crippen molar-refractivity contribution in [1.29, 1.82) is 0 Å². The zero-order valence-corrected chi connectivity index (χ0v) is 19.4. The van der Waals surface area contributed by atoms with Gasteiger partial charge in [-0.05, 0) is 67.3 Å². The van der Waals surface area contributed by atoms with Crippen molar-refractivity contribution < 1.29 is 19.1 Å². The van der Waals surface area contributed by atoms with Crippen LogP contribution in [0.1, 0.15) is 22.3 Å². The molecular weight excluding hydrogens is 416 g/mol. The molecule has 0 aromatic heterocycles. The molecule has 6 nitrogen and oxygen atoms in total. The molecule has 3 aromatic rings. The molecule has 0 bridgehead atoms. The number of anilines is 2. The maximum atomic E-state index is 13.8. The van der Waals surface area contributed by atoms with Crippen molar-refractivity contribution >= 4 is 28.8 Å². The maximum absolute atomic E-state index is 13.8.